The van der Waals surface area contributed by atoms with Crippen molar-refractivity contribution in [2.24, 2.45) is 5.10 Å². The zero-order valence-electron chi connectivity index (χ0n) is 16.6. The molecule has 0 radical (unpaired) electrons. The molecule has 0 aromatic heterocycles. The summed E-state index contributed by atoms with van der Waals surface area (Å²) < 4.78 is 11.8. The smallest absolute Gasteiger partial charge is 0.329 e. The van der Waals surface area contributed by atoms with Gasteiger partial charge in [-0.1, -0.05) is 15.9 Å². The Balaban J connectivity index is 1.95. The van der Waals surface area contributed by atoms with E-state index in [1.165, 1.54) is 20.4 Å². The van der Waals surface area contributed by atoms with Crippen molar-refractivity contribution < 1.29 is 23.9 Å². The second-order valence-electron chi connectivity index (χ2n) is 5.99. The number of nitrogens with zero attached hydrogens (tertiary/aromatic N) is 1. The standard InChI is InChI=1S/C20H21BrN4O5/c1-12-8-14(5-6-15(12)21)24-18(26)11-30-16-7-4-13(9-17(16)29-3)10-23-25-20(28)19(27)22-2/h4-10H,11H2,1-3H3,(H,22,27)(H,24,26)(H,25,28)/b23-10-. The lowest BCUT2D eigenvalue weighted by Gasteiger charge is -2.12. The summed E-state index contributed by atoms with van der Waals surface area (Å²) in [6, 6.07) is 10.4. The van der Waals surface area contributed by atoms with Gasteiger partial charge in [0.2, 0.25) is 0 Å². The lowest BCUT2D eigenvalue weighted by molar-refractivity contribution is -0.138. The summed E-state index contributed by atoms with van der Waals surface area (Å²) in [5, 5.41) is 8.65. The number of hydrazone groups is 1. The number of anilines is 1. The highest BCUT2D eigenvalue weighted by Crippen LogP contribution is 2.27. The van der Waals surface area contributed by atoms with Gasteiger partial charge in [0.1, 0.15) is 0 Å². The van der Waals surface area contributed by atoms with Crippen molar-refractivity contribution in [3.8, 4) is 11.5 Å². The number of hydrogen-bond donors (Lipinski definition) is 3. The molecule has 0 aliphatic carbocycles. The molecule has 3 amide bonds. The van der Waals surface area contributed by atoms with E-state index < -0.39 is 11.8 Å². The van der Waals surface area contributed by atoms with Crippen LogP contribution < -0.4 is 25.5 Å². The lowest BCUT2D eigenvalue weighted by atomic mass is 10.2. The van der Waals surface area contributed by atoms with Gasteiger partial charge in [0.05, 0.1) is 13.3 Å². The highest BCUT2D eigenvalue weighted by Gasteiger charge is 2.11. The summed E-state index contributed by atoms with van der Waals surface area (Å²) in [5.41, 5.74) is 4.35. The zero-order valence-corrected chi connectivity index (χ0v) is 18.2. The monoisotopic (exact) mass is 476 g/mol. The van der Waals surface area contributed by atoms with Crippen LogP contribution in [0.5, 0.6) is 11.5 Å². The van der Waals surface area contributed by atoms with E-state index in [1.807, 2.05) is 19.1 Å². The lowest BCUT2D eigenvalue weighted by Crippen LogP contribution is -2.35. The zero-order chi connectivity index (χ0) is 22.1. The molecule has 3 N–H and O–H groups in total. The number of aryl methyl sites for hydroxylation is 1. The Kier molecular flexibility index (Phi) is 8.36. The Morgan fingerprint density at radius 3 is 2.53 bits per heavy atom. The molecule has 0 unspecified atom stereocenters. The minimum Gasteiger partial charge on any atom is -0.493 e. The number of halogens is 1. The number of rotatable bonds is 7. The Labute approximate surface area is 182 Å². The van der Waals surface area contributed by atoms with Crippen LogP contribution in [-0.4, -0.2) is 44.7 Å². The van der Waals surface area contributed by atoms with Crippen molar-refractivity contribution in [3.05, 3.63) is 52.0 Å². The van der Waals surface area contributed by atoms with Crippen LogP contribution in [0, 0.1) is 6.92 Å². The molecule has 2 rings (SSSR count). The van der Waals surface area contributed by atoms with Crippen LogP contribution in [0.1, 0.15) is 11.1 Å². The first-order valence-electron chi connectivity index (χ1n) is 8.76. The summed E-state index contributed by atoms with van der Waals surface area (Å²) in [6.07, 6.45) is 1.34. The molecular formula is C20H21BrN4O5. The molecular weight excluding hydrogens is 456 g/mol. The van der Waals surface area contributed by atoms with Crippen molar-refractivity contribution in [3.63, 3.8) is 0 Å². The summed E-state index contributed by atoms with van der Waals surface area (Å²) in [4.78, 5) is 34.6. The van der Waals surface area contributed by atoms with Gasteiger partial charge < -0.3 is 20.1 Å². The third-order valence-electron chi connectivity index (χ3n) is 3.80. The second-order valence-corrected chi connectivity index (χ2v) is 6.84. The van der Waals surface area contributed by atoms with Gasteiger partial charge in [0, 0.05) is 17.2 Å². The fourth-order valence-corrected chi connectivity index (χ4v) is 2.52. The Hall–Kier alpha value is -3.40. The summed E-state index contributed by atoms with van der Waals surface area (Å²) in [7, 11) is 2.80. The largest absolute Gasteiger partial charge is 0.493 e. The maximum absolute atomic E-state index is 12.2. The first kappa shape index (κ1) is 22.9. The topological polar surface area (TPSA) is 118 Å². The molecule has 0 bridgehead atoms. The van der Waals surface area contributed by atoms with Crippen LogP contribution in [0.25, 0.3) is 0 Å². The first-order chi connectivity index (χ1) is 14.3. The van der Waals surface area contributed by atoms with E-state index in [-0.39, 0.29) is 12.5 Å². The van der Waals surface area contributed by atoms with E-state index in [1.54, 1.807) is 24.3 Å². The van der Waals surface area contributed by atoms with E-state index in [0.29, 0.717) is 22.7 Å². The molecule has 30 heavy (non-hydrogen) atoms. The van der Waals surface area contributed by atoms with Crippen LogP contribution >= 0.6 is 15.9 Å². The van der Waals surface area contributed by atoms with E-state index in [9.17, 15) is 14.4 Å². The van der Waals surface area contributed by atoms with Crippen LogP contribution in [0.4, 0.5) is 5.69 Å². The van der Waals surface area contributed by atoms with Crippen LogP contribution in [0.2, 0.25) is 0 Å². The molecule has 0 spiro atoms. The Bertz CT molecular complexity index is 978. The molecule has 2 aromatic rings. The van der Waals surface area contributed by atoms with Crippen LogP contribution in [0.3, 0.4) is 0 Å². The number of carbonyl (C=O) groups excluding carboxylic acids is 3. The van der Waals surface area contributed by atoms with E-state index in [0.717, 1.165) is 10.0 Å². The molecule has 10 heteroatoms. The molecule has 158 valence electrons. The van der Waals surface area contributed by atoms with Gasteiger partial charge in [-0.2, -0.15) is 5.10 Å². The fraction of sp³-hybridized carbons (Fsp3) is 0.200. The number of likely N-dealkylation sites (N-methyl/N-ethyl adjacent to an activating group) is 1. The number of benzene rings is 2. The molecule has 9 nitrogen and oxygen atoms in total. The summed E-state index contributed by atoms with van der Waals surface area (Å²) in [6.45, 7) is 1.72. The van der Waals surface area contributed by atoms with Gasteiger partial charge >= 0.3 is 11.8 Å². The molecule has 0 atom stereocenters. The van der Waals surface area contributed by atoms with Crippen molar-refractivity contribution >= 4 is 45.6 Å². The van der Waals surface area contributed by atoms with Crippen LogP contribution in [-0.2, 0) is 14.4 Å². The molecule has 0 aliphatic heterocycles. The van der Waals surface area contributed by atoms with Crippen molar-refractivity contribution in [2.75, 3.05) is 26.1 Å². The number of ether oxygens (including phenoxy) is 2. The average molecular weight is 477 g/mol. The molecule has 2 aromatic carbocycles. The number of amides is 3. The highest BCUT2D eigenvalue weighted by molar-refractivity contribution is 9.10. The van der Waals surface area contributed by atoms with Gasteiger partial charge in [-0.15, -0.1) is 0 Å². The number of hydrogen-bond acceptors (Lipinski definition) is 6. The van der Waals surface area contributed by atoms with Gasteiger partial charge in [0.15, 0.2) is 18.1 Å². The van der Waals surface area contributed by atoms with Crippen LogP contribution in [0.15, 0.2) is 46.0 Å². The molecule has 0 fully saturated rings. The molecule has 0 saturated carbocycles. The number of methoxy groups -OCH3 is 1. The SMILES string of the molecule is CNC(=O)C(=O)N/N=C\c1ccc(OCC(=O)Nc2ccc(Br)c(C)c2)c(OC)c1. The summed E-state index contributed by atoms with van der Waals surface area (Å²) >= 11 is 3.41. The normalized spacial score (nSPS) is 10.4. The Morgan fingerprint density at radius 1 is 1.10 bits per heavy atom. The predicted molar refractivity (Wildman–Crippen MR) is 116 cm³/mol. The van der Waals surface area contributed by atoms with Gasteiger partial charge in [-0.3, -0.25) is 14.4 Å². The van der Waals surface area contributed by atoms with Crippen molar-refractivity contribution in [1.82, 2.24) is 10.7 Å². The third-order valence-corrected chi connectivity index (χ3v) is 4.69. The summed E-state index contributed by atoms with van der Waals surface area (Å²) in [5.74, 6) is -1.26. The van der Waals surface area contributed by atoms with Gasteiger partial charge in [0.25, 0.3) is 5.91 Å². The maximum atomic E-state index is 12.2. The van der Waals surface area contributed by atoms with E-state index >= 15 is 0 Å². The maximum Gasteiger partial charge on any atom is 0.329 e. The van der Waals surface area contributed by atoms with E-state index in [4.69, 9.17) is 9.47 Å². The molecule has 0 heterocycles. The van der Waals surface area contributed by atoms with Crippen molar-refractivity contribution in [2.45, 2.75) is 6.92 Å². The molecule has 0 saturated heterocycles. The number of nitrogens with one attached hydrogen (secondary N) is 3. The average Bonchev–Trinajstić information content (AvgIpc) is 2.74. The van der Waals surface area contributed by atoms with E-state index in [2.05, 4.69) is 37.1 Å². The van der Waals surface area contributed by atoms with Gasteiger partial charge in [-0.05, 0) is 54.4 Å². The second kappa shape index (κ2) is 11.0. The minimum absolute atomic E-state index is 0.207. The molecule has 0 aliphatic rings. The first-order valence-corrected chi connectivity index (χ1v) is 9.55. The minimum atomic E-state index is -0.882. The number of carbonyl (C=O) groups is 3. The third kappa shape index (κ3) is 6.59. The Morgan fingerprint density at radius 2 is 1.87 bits per heavy atom. The fourth-order valence-electron chi connectivity index (χ4n) is 2.28. The quantitative estimate of drug-likeness (QED) is 0.320. The van der Waals surface area contributed by atoms with Crippen molar-refractivity contribution in [1.29, 1.82) is 0 Å². The van der Waals surface area contributed by atoms with Gasteiger partial charge in [-0.25, -0.2) is 5.43 Å². The predicted octanol–water partition coefficient (Wildman–Crippen LogP) is 1.98. The highest BCUT2D eigenvalue weighted by atomic mass is 79.9.